The second-order valence-electron chi connectivity index (χ2n) is 6.31. The number of amides is 2. The molecule has 2 amide bonds. The Morgan fingerprint density at radius 2 is 1.89 bits per heavy atom. The maximum Gasteiger partial charge on any atom is 0.272 e. The number of carbonyl (C=O) groups is 2. The van der Waals surface area contributed by atoms with Crippen molar-refractivity contribution in [1.29, 1.82) is 0 Å². The maximum absolute atomic E-state index is 12.4. The first-order valence-corrected chi connectivity index (χ1v) is 10.3. The maximum atomic E-state index is 12.4. The molecular formula is C19H21N3O5S. The van der Waals surface area contributed by atoms with Gasteiger partial charge in [0.1, 0.15) is 5.75 Å². The summed E-state index contributed by atoms with van der Waals surface area (Å²) in [6.45, 7) is 1.71. The molecule has 148 valence electrons. The summed E-state index contributed by atoms with van der Waals surface area (Å²) in [7, 11) is -3.94. The molecule has 2 aromatic rings. The summed E-state index contributed by atoms with van der Waals surface area (Å²) in [4.78, 5) is 25.3. The highest BCUT2D eigenvalue weighted by molar-refractivity contribution is 7.89. The van der Waals surface area contributed by atoms with Crippen molar-refractivity contribution in [3.8, 4) is 5.75 Å². The molecule has 0 atom stereocenters. The van der Waals surface area contributed by atoms with Gasteiger partial charge in [-0.2, -0.15) is 0 Å². The first-order valence-electron chi connectivity index (χ1n) is 8.82. The Hall–Kier alpha value is -2.91. The van der Waals surface area contributed by atoms with Crippen LogP contribution in [0.1, 0.15) is 24.5 Å². The van der Waals surface area contributed by atoms with Gasteiger partial charge in [0, 0.05) is 12.1 Å². The highest BCUT2D eigenvalue weighted by atomic mass is 32.2. The van der Waals surface area contributed by atoms with E-state index < -0.39 is 15.9 Å². The van der Waals surface area contributed by atoms with Gasteiger partial charge in [0.2, 0.25) is 5.91 Å². The van der Waals surface area contributed by atoms with Gasteiger partial charge in [-0.1, -0.05) is 19.1 Å². The molecule has 1 heterocycles. The Labute approximate surface area is 163 Å². The minimum Gasteiger partial charge on any atom is -0.484 e. The Bertz CT molecular complexity index is 987. The SMILES string of the molecule is CCc1ccc(OCC(=O)NNS(=O)(=O)c2ccc3c(c2)CCC(=O)N3)cc1. The molecule has 0 bridgehead atoms. The number of carbonyl (C=O) groups excluding carboxylic acids is 2. The van der Waals surface area contributed by atoms with Crippen LogP contribution in [0.3, 0.4) is 0 Å². The number of sulfonamides is 1. The summed E-state index contributed by atoms with van der Waals surface area (Å²) in [6.07, 6.45) is 1.66. The number of fused-ring (bicyclic) bond motifs is 1. The van der Waals surface area contributed by atoms with Gasteiger partial charge in [-0.25, -0.2) is 8.42 Å². The Morgan fingerprint density at radius 3 is 2.61 bits per heavy atom. The Morgan fingerprint density at radius 1 is 1.14 bits per heavy atom. The summed E-state index contributed by atoms with van der Waals surface area (Å²) >= 11 is 0. The third kappa shape index (κ3) is 4.87. The van der Waals surface area contributed by atoms with Crippen molar-refractivity contribution >= 4 is 27.5 Å². The van der Waals surface area contributed by atoms with Gasteiger partial charge >= 0.3 is 0 Å². The van der Waals surface area contributed by atoms with Crippen molar-refractivity contribution in [3.05, 3.63) is 53.6 Å². The van der Waals surface area contributed by atoms with Gasteiger partial charge in [-0.05, 0) is 54.3 Å². The predicted molar refractivity (Wildman–Crippen MR) is 103 cm³/mol. The molecule has 3 rings (SSSR count). The first-order chi connectivity index (χ1) is 13.4. The number of rotatable bonds is 7. The molecule has 0 spiro atoms. The molecule has 2 aromatic carbocycles. The highest BCUT2D eigenvalue weighted by Crippen LogP contribution is 2.25. The smallest absolute Gasteiger partial charge is 0.272 e. The van der Waals surface area contributed by atoms with Gasteiger partial charge < -0.3 is 10.1 Å². The lowest BCUT2D eigenvalue weighted by Gasteiger charge is -2.17. The van der Waals surface area contributed by atoms with Crippen molar-refractivity contribution in [3.63, 3.8) is 0 Å². The normalized spacial score (nSPS) is 13.4. The van der Waals surface area contributed by atoms with Crippen LogP contribution in [0.15, 0.2) is 47.4 Å². The zero-order valence-corrected chi connectivity index (χ0v) is 16.1. The zero-order valence-electron chi connectivity index (χ0n) is 15.3. The predicted octanol–water partition coefficient (Wildman–Crippen LogP) is 1.52. The molecule has 3 N–H and O–H groups in total. The van der Waals surface area contributed by atoms with E-state index in [9.17, 15) is 18.0 Å². The number of aryl methyl sites for hydroxylation is 2. The number of hydrogen-bond acceptors (Lipinski definition) is 5. The fourth-order valence-electron chi connectivity index (χ4n) is 2.72. The molecule has 0 saturated carbocycles. The van der Waals surface area contributed by atoms with Crippen molar-refractivity contribution in [2.75, 3.05) is 11.9 Å². The highest BCUT2D eigenvalue weighted by Gasteiger charge is 2.20. The fourth-order valence-corrected chi connectivity index (χ4v) is 3.63. The lowest BCUT2D eigenvalue weighted by Crippen LogP contribution is -2.43. The topological polar surface area (TPSA) is 114 Å². The van der Waals surface area contributed by atoms with Crippen molar-refractivity contribution in [1.82, 2.24) is 10.3 Å². The lowest BCUT2D eigenvalue weighted by atomic mass is 10.0. The molecule has 1 aliphatic heterocycles. The minimum absolute atomic E-state index is 0.00114. The van der Waals surface area contributed by atoms with E-state index in [1.807, 2.05) is 19.1 Å². The van der Waals surface area contributed by atoms with Crippen molar-refractivity contribution in [2.45, 2.75) is 31.1 Å². The zero-order chi connectivity index (χ0) is 20.1. The Kier molecular flexibility index (Phi) is 5.96. The second-order valence-corrected chi connectivity index (χ2v) is 7.99. The molecule has 0 radical (unpaired) electrons. The van der Waals surface area contributed by atoms with Crippen molar-refractivity contribution < 1.29 is 22.7 Å². The molecular weight excluding hydrogens is 382 g/mol. The van der Waals surface area contributed by atoms with Crippen LogP contribution in [0.2, 0.25) is 0 Å². The summed E-state index contributed by atoms with van der Waals surface area (Å²) in [5, 5.41) is 2.69. The Balaban J connectivity index is 1.55. The molecule has 8 nitrogen and oxygen atoms in total. The van der Waals surface area contributed by atoms with Gasteiger partial charge in [0.05, 0.1) is 4.90 Å². The number of ether oxygens (including phenoxy) is 1. The summed E-state index contributed by atoms with van der Waals surface area (Å²) in [5.41, 5.74) is 4.61. The van der Waals surface area contributed by atoms with Crippen LogP contribution in [0.25, 0.3) is 0 Å². The average Bonchev–Trinajstić information content (AvgIpc) is 2.70. The lowest BCUT2D eigenvalue weighted by molar-refractivity contribution is -0.123. The van der Waals surface area contributed by atoms with Crippen molar-refractivity contribution in [2.24, 2.45) is 0 Å². The molecule has 0 aromatic heterocycles. The fraction of sp³-hybridized carbons (Fsp3) is 0.263. The van der Waals surface area contributed by atoms with Gasteiger partial charge in [-0.15, -0.1) is 4.83 Å². The van der Waals surface area contributed by atoms with E-state index in [1.54, 1.807) is 12.1 Å². The minimum atomic E-state index is -3.94. The number of hydrazine groups is 1. The largest absolute Gasteiger partial charge is 0.484 e. The molecule has 0 aliphatic carbocycles. The van der Waals surface area contributed by atoms with Crippen LogP contribution >= 0.6 is 0 Å². The van der Waals surface area contributed by atoms with Crippen LogP contribution in [0.5, 0.6) is 5.75 Å². The number of benzene rings is 2. The van der Waals surface area contributed by atoms with E-state index in [4.69, 9.17) is 4.74 Å². The molecule has 1 aliphatic rings. The quantitative estimate of drug-likeness (QED) is 0.607. The number of hydrogen-bond donors (Lipinski definition) is 3. The van der Waals surface area contributed by atoms with Crippen LogP contribution in [-0.4, -0.2) is 26.8 Å². The third-order valence-electron chi connectivity index (χ3n) is 4.31. The molecule has 0 saturated heterocycles. The summed E-state index contributed by atoms with van der Waals surface area (Å²) < 4.78 is 30.1. The molecule has 28 heavy (non-hydrogen) atoms. The standard InChI is InChI=1S/C19H21N3O5S/c1-2-13-3-6-15(7-4-13)27-12-19(24)21-22-28(25,26)16-8-9-17-14(11-16)5-10-18(23)20-17/h3-4,6-9,11,22H,2,5,10,12H2,1H3,(H,20,23)(H,21,24). The molecule has 9 heteroatoms. The van der Waals surface area contributed by atoms with Gasteiger partial charge in [0.15, 0.2) is 6.61 Å². The molecule has 0 fully saturated rings. The van der Waals surface area contributed by atoms with E-state index in [0.717, 1.165) is 17.5 Å². The van der Waals surface area contributed by atoms with Crippen LogP contribution in [-0.2, 0) is 32.5 Å². The van der Waals surface area contributed by atoms with Gasteiger partial charge in [0.25, 0.3) is 15.9 Å². The number of nitrogens with one attached hydrogen (secondary N) is 3. The second kappa shape index (κ2) is 8.41. The van der Waals surface area contributed by atoms with Crippen LogP contribution in [0, 0.1) is 0 Å². The van der Waals surface area contributed by atoms with E-state index >= 15 is 0 Å². The van der Waals surface area contributed by atoms with Crippen LogP contribution < -0.4 is 20.3 Å². The molecule has 0 unspecified atom stereocenters. The van der Waals surface area contributed by atoms with E-state index in [2.05, 4.69) is 15.6 Å². The van der Waals surface area contributed by atoms with Crippen LogP contribution in [0.4, 0.5) is 5.69 Å². The first kappa shape index (κ1) is 19.8. The summed E-state index contributed by atoms with van der Waals surface area (Å²) in [6, 6.07) is 11.7. The number of anilines is 1. The average molecular weight is 403 g/mol. The third-order valence-corrected chi connectivity index (χ3v) is 5.55. The van der Waals surface area contributed by atoms with E-state index in [-0.39, 0.29) is 17.4 Å². The van der Waals surface area contributed by atoms with E-state index in [0.29, 0.717) is 24.3 Å². The van der Waals surface area contributed by atoms with Gasteiger partial charge in [-0.3, -0.25) is 15.0 Å². The summed E-state index contributed by atoms with van der Waals surface area (Å²) in [5.74, 6) is -0.210. The monoisotopic (exact) mass is 403 g/mol. The van der Waals surface area contributed by atoms with E-state index in [1.165, 1.54) is 18.2 Å².